The summed E-state index contributed by atoms with van der Waals surface area (Å²) in [5.74, 6) is 2.18. The minimum absolute atomic E-state index is 0.651. The quantitative estimate of drug-likeness (QED) is 0.915. The normalized spacial score (nSPS) is 16.7. The largest absolute Gasteiger partial charge is 0.324 e. The van der Waals surface area contributed by atoms with Crippen molar-refractivity contribution in [3.63, 3.8) is 0 Å². The lowest BCUT2D eigenvalue weighted by Gasteiger charge is -2.34. The van der Waals surface area contributed by atoms with Crippen molar-refractivity contribution in [2.75, 3.05) is 18.4 Å². The van der Waals surface area contributed by atoms with Gasteiger partial charge in [-0.1, -0.05) is 0 Å². The van der Waals surface area contributed by atoms with Gasteiger partial charge in [0.25, 0.3) is 0 Å². The fourth-order valence-electron chi connectivity index (χ4n) is 3.04. The molecule has 2 aromatic heterocycles. The van der Waals surface area contributed by atoms with E-state index in [2.05, 4.69) is 44.0 Å². The first-order chi connectivity index (χ1) is 11.2. The van der Waals surface area contributed by atoms with Gasteiger partial charge in [0.1, 0.15) is 18.0 Å². The van der Waals surface area contributed by atoms with Gasteiger partial charge in [-0.05, 0) is 52.1 Å². The molecule has 3 rings (SSSR count). The van der Waals surface area contributed by atoms with Crippen LogP contribution in [0.4, 0.5) is 11.6 Å². The van der Waals surface area contributed by atoms with Crippen molar-refractivity contribution in [2.24, 2.45) is 5.92 Å². The molecule has 0 aliphatic carbocycles. The molecule has 122 valence electrons. The zero-order chi connectivity index (χ0) is 16.1. The third-order valence-corrected chi connectivity index (χ3v) is 4.42. The molecule has 0 unspecified atom stereocenters. The molecule has 0 bridgehead atoms. The maximum absolute atomic E-state index is 4.43. The summed E-state index contributed by atoms with van der Waals surface area (Å²) in [7, 11) is 0. The first-order valence-corrected chi connectivity index (χ1v) is 8.28. The summed E-state index contributed by atoms with van der Waals surface area (Å²) in [6.07, 6.45) is 10.1. The van der Waals surface area contributed by atoms with Crippen molar-refractivity contribution in [3.8, 4) is 0 Å². The van der Waals surface area contributed by atoms with E-state index in [0.717, 1.165) is 17.9 Å². The molecular weight excluding hydrogens is 288 g/mol. The number of nitrogens with one attached hydrogen (secondary N) is 1. The molecule has 0 amide bonds. The third-order valence-electron chi connectivity index (χ3n) is 4.42. The summed E-state index contributed by atoms with van der Waals surface area (Å²) in [6.45, 7) is 6.93. The van der Waals surface area contributed by atoms with Crippen molar-refractivity contribution in [1.82, 2.24) is 24.8 Å². The lowest BCUT2D eigenvalue weighted by atomic mass is 9.91. The Balaban J connectivity index is 1.58. The van der Waals surface area contributed by atoms with Gasteiger partial charge in [-0.15, -0.1) is 0 Å². The maximum atomic E-state index is 4.43. The molecule has 6 heteroatoms. The SMILES string of the molecule is CC(C)N1CCC(Cc2cc(Nc3cnccn3)ncn2)CC1. The minimum atomic E-state index is 0.651. The Hall–Kier alpha value is -2.08. The molecule has 3 heterocycles. The molecule has 0 spiro atoms. The van der Waals surface area contributed by atoms with Gasteiger partial charge in [-0.2, -0.15) is 0 Å². The number of nitrogens with zero attached hydrogens (tertiary/aromatic N) is 5. The van der Waals surface area contributed by atoms with E-state index in [1.165, 1.54) is 25.9 Å². The summed E-state index contributed by atoms with van der Waals surface area (Å²) in [5, 5.41) is 3.17. The zero-order valence-electron chi connectivity index (χ0n) is 13.8. The van der Waals surface area contributed by atoms with E-state index < -0.39 is 0 Å². The van der Waals surface area contributed by atoms with Crippen molar-refractivity contribution >= 4 is 11.6 Å². The van der Waals surface area contributed by atoms with Crippen molar-refractivity contribution in [2.45, 2.75) is 39.2 Å². The lowest BCUT2D eigenvalue weighted by molar-refractivity contribution is 0.149. The fraction of sp³-hybridized carbons (Fsp3) is 0.529. The highest BCUT2D eigenvalue weighted by Crippen LogP contribution is 2.23. The number of rotatable bonds is 5. The molecule has 1 saturated heterocycles. The zero-order valence-corrected chi connectivity index (χ0v) is 13.8. The summed E-state index contributed by atoms with van der Waals surface area (Å²) in [5.41, 5.74) is 1.09. The van der Waals surface area contributed by atoms with Gasteiger partial charge in [0.2, 0.25) is 0 Å². The van der Waals surface area contributed by atoms with Crippen LogP contribution in [0.2, 0.25) is 0 Å². The second-order valence-corrected chi connectivity index (χ2v) is 6.39. The minimum Gasteiger partial charge on any atom is -0.324 e. The van der Waals surface area contributed by atoms with Crippen LogP contribution in [0.15, 0.2) is 31.0 Å². The van der Waals surface area contributed by atoms with E-state index in [1.54, 1.807) is 24.9 Å². The number of aromatic nitrogens is 4. The van der Waals surface area contributed by atoms with Gasteiger partial charge in [0.15, 0.2) is 0 Å². The van der Waals surface area contributed by atoms with E-state index in [1.807, 2.05) is 6.07 Å². The van der Waals surface area contributed by atoms with Crippen LogP contribution in [-0.2, 0) is 6.42 Å². The number of piperidine rings is 1. The molecule has 1 N–H and O–H groups in total. The predicted molar refractivity (Wildman–Crippen MR) is 90.5 cm³/mol. The second-order valence-electron chi connectivity index (χ2n) is 6.39. The number of anilines is 2. The van der Waals surface area contributed by atoms with E-state index in [-0.39, 0.29) is 0 Å². The highest BCUT2D eigenvalue weighted by molar-refractivity contribution is 5.49. The smallest absolute Gasteiger partial charge is 0.150 e. The summed E-state index contributed by atoms with van der Waals surface area (Å²) >= 11 is 0. The van der Waals surface area contributed by atoms with Crippen LogP contribution in [0.5, 0.6) is 0 Å². The first kappa shape index (κ1) is 15.8. The molecular formula is C17H24N6. The Kier molecular flexibility index (Phi) is 5.12. The van der Waals surface area contributed by atoms with Gasteiger partial charge < -0.3 is 10.2 Å². The van der Waals surface area contributed by atoms with Crippen LogP contribution in [0.1, 0.15) is 32.4 Å². The molecule has 1 fully saturated rings. The average molecular weight is 312 g/mol. The Morgan fingerprint density at radius 2 is 1.96 bits per heavy atom. The standard InChI is InChI=1S/C17H24N6/c1-13(2)23-7-3-14(4-8-23)9-15-10-16(21-12-20-15)22-17-11-18-5-6-19-17/h5-6,10-14H,3-4,7-9H2,1-2H3,(H,19,20,21,22). The highest BCUT2D eigenvalue weighted by atomic mass is 15.1. The van der Waals surface area contributed by atoms with Crippen molar-refractivity contribution in [3.05, 3.63) is 36.7 Å². The Bertz CT molecular complexity index is 607. The molecule has 6 nitrogen and oxygen atoms in total. The molecule has 0 saturated carbocycles. The van der Waals surface area contributed by atoms with Crippen LogP contribution in [-0.4, -0.2) is 44.0 Å². The van der Waals surface area contributed by atoms with Gasteiger partial charge >= 0.3 is 0 Å². The van der Waals surface area contributed by atoms with Gasteiger partial charge in [-0.3, -0.25) is 4.98 Å². The number of hydrogen-bond donors (Lipinski definition) is 1. The monoisotopic (exact) mass is 312 g/mol. The van der Waals surface area contributed by atoms with Crippen molar-refractivity contribution < 1.29 is 0 Å². The van der Waals surface area contributed by atoms with E-state index in [4.69, 9.17) is 0 Å². The fourth-order valence-corrected chi connectivity index (χ4v) is 3.04. The van der Waals surface area contributed by atoms with E-state index >= 15 is 0 Å². The molecule has 0 atom stereocenters. The summed E-state index contributed by atoms with van der Waals surface area (Å²) in [6, 6.07) is 2.67. The van der Waals surface area contributed by atoms with Crippen LogP contribution >= 0.6 is 0 Å². The lowest BCUT2D eigenvalue weighted by Crippen LogP contribution is -2.38. The molecule has 0 aromatic carbocycles. The Labute approximate surface area is 137 Å². The highest BCUT2D eigenvalue weighted by Gasteiger charge is 2.21. The third kappa shape index (κ3) is 4.45. The topological polar surface area (TPSA) is 66.8 Å². The molecule has 1 aliphatic rings. The summed E-state index contributed by atoms with van der Waals surface area (Å²) in [4.78, 5) is 19.5. The second kappa shape index (κ2) is 7.46. The molecule has 23 heavy (non-hydrogen) atoms. The first-order valence-electron chi connectivity index (χ1n) is 8.28. The van der Waals surface area contributed by atoms with E-state index in [0.29, 0.717) is 17.8 Å². The predicted octanol–water partition coefficient (Wildman–Crippen LogP) is 2.67. The average Bonchev–Trinajstić information content (AvgIpc) is 2.57. The number of hydrogen-bond acceptors (Lipinski definition) is 6. The Morgan fingerprint density at radius 3 is 2.65 bits per heavy atom. The van der Waals surface area contributed by atoms with Crippen LogP contribution in [0.25, 0.3) is 0 Å². The van der Waals surface area contributed by atoms with E-state index in [9.17, 15) is 0 Å². The van der Waals surface area contributed by atoms with Gasteiger partial charge in [0, 0.05) is 30.2 Å². The number of likely N-dealkylation sites (tertiary alicyclic amines) is 1. The molecule has 1 aliphatic heterocycles. The van der Waals surface area contributed by atoms with Crippen LogP contribution in [0.3, 0.4) is 0 Å². The summed E-state index contributed by atoms with van der Waals surface area (Å²) < 4.78 is 0. The van der Waals surface area contributed by atoms with Crippen LogP contribution < -0.4 is 5.32 Å². The van der Waals surface area contributed by atoms with Gasteiger partial charge in [0.05, 0.1) is 6.20 Å². The van der Waals surface area contributed by atoms with Gasteiger partial charge in [-0.25, -0.2) is 15.0 Å². The van der Waals surface area contributed by atoms with Crippen LogP contribution in [0, 0.1) is 5.92 Å². The maximum Gasteiger partial charge on any atom is 0.150 e. The molecule has 0 radical (unpaired) electrons. The molecule has 2 aromatic rings. The van der Waals surface area contributed by atoms with Crippen molar-refractivity contribution in [1.29, 1.82) is 0 Å². The Morgan fingerprint density at radius 1 is 1.13 bits per heavy atom.